The summed E-state index contributed by atoms with van der Waals surface area (Å²) in [7, 11) is 0.742. The normalized spacial score (nSPS) is 14.1. The first-order valence-electron chi connectivity index (χ1n) is 5.65. The summed E-state index contributed by atoms with van der Waals surface area (Å²) >= 11 is 0. The van der Waals surface area contributed by atoms with Crippen molar-refractivity contribution < 1.29 is 13.2 Å². The van der Waals surface area contributed by atoms with Crippen molar-refractivity contribution in [3.8, 4) is 0 Å². The second-order valence-corrected chi connectivity index (χ2v) is 6.55. The van der Waals surface area contributed by atoms with E-state index >= 15 is 0 Å². The van der Waals surface area contributed by atoms with Gasteiger partial charge in [0.2, 0.25) is 5.91 Å². The molecule has 0 aromatic carbocycles. The Bertz CT molecular complexity index is 341. The van der Waals surface area contributed by atoms with Gasteiger partial charge in [-0.25, -0.2) is 0 Å². The van der Waals surface area contributed by atoms with E-state index in [1.807, 2.05) is 13.8 Å². The lowest BCUT2D eigenvalue weighted by molar-refractivity contribution is -0.121. The summed E-state index contributed by atoms with van der Waals surface area (Å²) in [6.07, 6.45) is 1.86. The molecule has 0 fully saturated rings. The summed E-state index contributed by atoms with van der Waals surface area (Å²) in [6, 6.07) is 0.0722. The number of nitrogens with zero attached hydrogens (tertiary/aromatic N) is 2. The lowest BCUT2D eigenvalue weighted by Crippen LogP contribution is -2.45. The van der Waals surface area contributed by atoms with Gasteiger partial charge in [-0.05, 0) is 13.3 Å². The molecule has 0 heterocycles. The number of likely N-dealkylation sites (N-methyl/N-ethyl adjacent to an activating group) is 1. The van der Waals surface area contributed by atoms with E-state index in [4.69, 9.17) is 0 Å². The Morgan fingerprint density at radius 2 is 1.82 bits per heavy atom. The third kappa shape index (κ3) is 5.47. The van der Waals surface area contributed by atoms with Gasteiger partial charge < -0.3 is 5.32 Å². The van der Waals surface area contributed by atoms with Gasteiger partial charge in [0.15, 0.2) is 0 Å². The summed E-state index contributed by atoms with van der Waals surface area (Å²) < 4.78 is 25.4. The molecule has 6 nitrogen and oxygen atoms in total. The van der Waals surface area contributed by atoms with Crippen LogP contribution in [0.5, 0.6) is 0 Å². The first-order chi connectivity index (χ1) is 7.71. The van der Waals surface area contributed by atoms with Crippen LogP contribution in [0.4, 0.5) is 0 Å². The van der Waals surface area contributed by atoms with Crippen LogP contribution in [0, 0.1) is 0 Å². The fourth-order valence-electron chi connectivity index (χ4n) is 1.39. The minimum absolute atomic E-state index is 0.0722. The van der Waals surface area contributed by atoms with Gasteiger partial charge in [0.1, 0.15) is 0 Å². The molecule has 0 aliphatic carbocycles. The van der Waals surface area contributed by atoms with Crippen molar-refractivity contribution in [2.24, 2.45) is 0 Å². The Morgan fingerprint density at radius 1 is 1.29 bits per heavy atom. The van der Waals surface area contributed by atoms with Crippen LogP contribution in [-0.2, 0) is 15.0 Å². The first-order valence-corrected chi connectivity index (χ1v) is 7.04. The maximum Gasteiger partial charge on any atom is 0.281 e. The molecule has 1 N–H and O–H groups in total. The van der Waals surface area contributed by atoms with Crippen LogP contribution in [0.25, 0.3) is 0 Å². The van der Waals surface area contributed by atoms with Gasteiger partial charge in [-0.1, -0.05) is 13.3 Å². The molecule has 0 aromatic rings. The second-order valence-electron chi connectivity index (χ2n) is 4.30. The molecule has 0 aliphatic rings. The molecule has 1 unspecified atom stereocenters. The molecule has 0 radical (unpaired) electrons. The fraction of sp³-hybridized carbons (Fsp3) is 0.900. The summed E-state index contributed by atoms with van der Waals surface area (Å²) in [5.41, 5.74) is 0. The smallest absolute Gasteiger partial charge is 0.281 e. The molecule has 0 aliphatic heterocycles. The van der Waals surface area contributed by atoms with Crippen LogP contribution in [-0.4, -0.2) is 56.7 Å². The van der Waals surface area contributed by atoms with Gasteiger partial charge in [0, 0.05) is 27.2 Å². The summed E-state index contributed by atoms with van der Waals surface area (Å²) in [5.74, 6) is -0.279. The van der Waals surface area contributed by atoms with Crippen molar-refractivity contribution in [2.45, 2.75) is 32.7 Å². The van der Waals surface area contributed by atoms with Crippen LogP contribution < -0.4 is 5.32 Å². The molecule has 0 saturated carbocycles. The number of nitrogens with one attached hydrogen (secondary N) is 1. The number of rotatable bonds is 7. The van der Waals surface area contributed by atoms with Gasteiger partial charge in [0.25, 0.3) is 10.2 Å². The number of carbonyl (C=O) groups is 1. The van der Waals surface area contributed by atoms with Crippen LogP contribution in [0.1, 0.15) is 26.7 Å². The van der Waals surface area contributed by atoms with Gasteiger partial charge >= 0.3 is 0 Å². The highest BCUT2D eigenvalue weighted by Crippen LogP contribution is 2.01. The zero-order valence-corrected chi connectivity index (χ0v) is 12.0. The molecule has 0 aromatic heterocycles. The van der Waals surface area contributed by atoms with Crippen molar-refractivity contribution in [2.75, 3.05) is 27.7 Å². The molecule has 1 amide bonds. The average Bonchev–Trinajstić information content (AvgIpc) is 2.16. The quantitative estimate of drug-likeness (QED) is 0.706. The van der Waals surface area contributed by atoms with Crippen LogP contribution in [0.15, 0.2) is 0 Å². The van der Waals surface area contributed by atoms with Gasteiger partial charge in [-0.2, -0.15) is 17.0 Å². The van der Waals surface area contributed by atoms with Crippen molar-refractivity contribution in [3.63, 3.8) is 0 Å². The van der Waals surface area contributed by atoms with E-state index in [9.17, 15) is 13.2 Å². The Hall–Kier alpha value is -0.660. The molecule has 0 rings (SSSR count). The second kappa shape index (κ2) is 6.93. The highest BCUT2D eigenvalue weighted by molar-refractivity contribution is 7.86. The molecule has 0 saturated heterocycles. The molecular formula is C10H23N3O3S. The zero-order valence-electron chi connectivity index (χ0n) is 11.2. The van der Waals surface area contributed by atoms with E-state index in [1.165, 1.54) is 21.1 Å². The predicted molar refractivity (Wildman–Crippen MR) is 67.7 cm³/mol. The standard InChI is InChI=1S/C10H23N3O3S/c1-6-7-9(2)11-10(14)8-13(5)17(15,16)12(3)4/h9H,6-8H2,1-5H3,(H,11,14). The monoisotopic (exact) mass is 265 g/mol. The maximum atomic E-state index is 11.6. The first kappa shape index (κ1) is 16.3. The SMILES string of the molecule is CCCC(C)NC(=O)CN(C)S(=O)(=O)N(C)C. The molecule has 7 heteroatoms. The van der Waals surface area contributed by atoms with Crippen LogP contribution >= 0.6 is 0 Å². The lowest BCUT2D eigenvalue weighted by atomic mass is 10.2. The van der Waals surface area contributed by atoms with Gasteiger partial charge in [-0.3, -0.25) is 4.79 Å². The van der Waals surface area contributed by atoms with E-state index < -0.39 is 10.2 Å². The van der Waals surface area contributed by atoms with E-state index in [0.717, 1.165) is 21.5 Å². The van der Waals surface area contributed by atoms with E-state index in [-0.39, 0.29) is 18.5 Å². The zero-order chi connectivity index (χ0) is 13.6. The third-order valence-electron chi connectivity index (χ3n) is 2.35. The molecule has 0 bridgehead atoms. The Morgan fingerprint density at radius 3 is 2.24 bits per heavy atom. The predicted octanol–water partition coefficient (Wildman–Crippen LogP) is 0.0294. The van der Waals surface area contributed by atoms with E-state index in [0.29, 0.717) is 0 Å². The van der Waals surface area contributed by atoms with E-state index in [1.54, 1.807) is 0 Å². The molecule has 102 valence electrons. The highest BCUT2D eigenvalue weighted by Gasteiger charge is 2.22. The largest absolute Gasteiger partial charge is 0.353 e. The summed E-state index contributed by atoms with van der Waals surface area (Å²) in [5, 5.41) is 2.76. The average molecular weight is 265 g/mol. The third-order valence-corrected chi connectivity index (χ3v) is 4.19. The topological polar surface area (TPSA) is 69.7 Å². The lowest BCUT2D eigenvalue weighted by Gasteiger charge is -2.21. The Kier molecular flexibility index (Phi) is 6.66. The van der Waals surface area contributed by atoms with Crippen LogP contribution in [0.2, 0.25) is 0 Å². The maximum absolute atomic E-state index is 11.6. The minimum Gasteiger partial charge on any atom is -0.353 e. The number of amides is 1. The molecular weight excluding hydrogens is 242 g/mol. The van der Waals surface area contributed by atoms with E-state index in [2.05, 4.69) is 5.32 Å². The van der Waals surface area contributed by atoms with Gasteiger partial charge in [0.05, 0.1) is 6.54 Å². The van der Waals surface area contributed by atoms with Gasteiger partial charge in [-0.15, -0.1) is 0 Å². The van der Waals surface area contributed by atoms with Crippen molar-refractivity contribution >= 4 is 16.1 Å². The molecule has 0 spiro atoms. The van der Waals surface area contributed by atoms with Crippen LogP contribution in [0.3, 0.4) is 0 Å². The Balaban J connectivity index is 4.31. The molecule has 1 atom stereocenters. The van der Waals surface area contributed by atoms with Crippen molar-refractivity contribution in [1.82, 2.24) is 13.9 Å². The van der Waals surface area contributed by atoms with Crippen molar-refractivity contribution in [1.29, 1.82) is 0 Å². The highest BCUT2D eigenvalue weighted by atomic mass is 32.2. The Labute approximate surface area is 104 Å². The van der Waals surface area contributed by atoms with Crippen molar-refractivity contribution in [3.05, 3.63) is 0 Å². The number of hydrogen-bond donors (Lipinski definition) is 1. The number of carbonyl (C=O) groups excluding carboxylic acids is 1. The number of hydrogen-bond acceptors (Lipinski definition) is 3. The molecule has 17 heavy (non-hydrogen) atoms. The minimum atomic E-state index is -3.51. The summed E-state index contributed by atoms with van der Waals surface area (Å²) in [6.45, 7) is 3.78. The summed E-state index contributed by atoms with van der Waals surface area (Å²) in [4.78, 5) is 11.6. The fourth-order valence-corrected chi connectivity index (χ4v) is 2.23.